The molecule has 2 aromatic heterocycles. The Morgan fingerprint density at radius 2 is 2.20 bits per heavy atom. The summed E-state index contributed by atoms with van der Waals surface area (Å²) >= 11 is 1.63. The van der Waals surface area contributed by atoms with Gasteiger partial charge in [0.1, 0.15) is 11.6 Å². The Morgan fingerprint density at radius 1 is 1.40 bits per heavy atom. The molecule has 3 aromatic rings. The molecular formula is C15H17N3OS. The van der Waals surface area contributed by atoms with E-state index in [2.05, 4.69) is 15.6 Å². The lowest BCUT2D eigenvalue weighted by Crippen LogP contribution is -2.14. The minimum Gasteiger partial charge on any atom is -0.496 e. The highest BCUT2D eigenvalue weighted by atomic mass is 32.1. The summed E-state index contributed by atoms with van der Waals surface area (Å²) in [6, 6.07) is 10.1. The van der Waals surface area contributed by atoms with Gasteiger partial charge in [-0.05, 0) is 18.2 Å². The zero-order chi connectivity index (χ0) is 14.1. The Hall–Kier alpha value is -1.85. The molecular weight excluding hydrogens is 270 g/mol. The van der Waals surface area contributed by atoms with Crippen LogP contribution in [0.5, 0.6) is 5.75 Å². The average Bonchev–Trinajstić information content (AvgIpc) is 3.05. The first kappa shape index (κ1) is 13.1. The lowest BCUT2D eigenvalue weighted by Gasteiger charge is -2.09. The Bertz CT molecular complexity index is 732. The number of imidazole rings is 1. The molecule has 0 bridgehead atoms. The van der Waals surface area contributed by atoms with Gasteiger partial charge in [0, 0.05) is 29.8 Å². The highest BCUT2D eigenvalue weighted by Crippen LogP contribution is 2.28. The molecule has 1 atom stereocenters. The summed E-state index contributed by atoms with van der Waals surface area (Å²) in [5, 5.41) is 1.98. The highest BCUT2D eigenvalue weighted by Gasteiger charge is 2.15. The van der Waals surface area contributed by atoms with Crippen molar-refractivity contribution in [1.29, 1.82) is 0 Å². The van der Waals surface area contributed by atoms with Crippen LogP contribution in [0.4, 0.5) is 0 Å². The zero-order valence-corrected chi connectivity index (χ0v) is 12.4. The van der Waals surface area contributed by atoms with E-state index in [1.54, 1.807) is 18.4 Å². The molecule has 0 aliphatic rings. The SMILES string of the molecule is COc1csc(C(N)Cc2nc3ccccc3n2C)c1. The van der Waals surface area contributed by atoms with E-state index in [4.69, 9.17) is 10.5 Å². The maximum absolute atomic E-state index is 6.29. The van der Waals surface area contributed by atoms with Crippen LogP contribution in [0, 0.1) is 0 Å². The first-order valence-corrected chi connectivity index (χ1v) is 7.35. The number of fused-ring (bicyclic) bond motifs is 1. The fourth-order valence-electron chi connectivity index (χ4n) is 2.31. The summed E-state index contributed by atoms with van der Waals surface area (Å²) in [6.07, 6.45) is 0.717. The van der Waals surface area contributed by atoms with Crippen molar-refractivity contribution in [2.45, 2.75) is 12.5 Å². The molecule has 0 aliphatic carbocycles. The second kappa shape index (κ2) is 5.26. The Labute approximate surface area is 121 Å². The number of hydrogen-bond donors (Lipinski definition) is 1. The van der Waals surface area contributed by atoms with Crippen molar-refractivity contribution in [3.05, 3.63) is 46.4 Å². The van der Waals surface area contributed by atoms with E-state index in [0.29, 0.717) is 0 Å². The highest BCUT2D eigenvalue weighted by molar-refractivity contribution is 7.10. The van der Waals surface area contributed by atoms with Gasteiger partial charge in [0.25, 0.3) is 0 Å². The van der Waals surface area contributed by atoms with Gasteiger partial charge >= 0.3 is 0 Å². The topological polar surface area (TPSA) is 53.1 Å². The predicted molar refractivity (Wildman–Crippen MR) is 82.2 cm³/mol. The summed E-state index contributed by atoms with van der Waals surface area (Å²) in [6.45, 7) is 0. The molecule has 2 heterocycles. The van der Waals surface area contributed by atoms with E-state index in [0.717, 1.165) is 33.9 Å². The van der Waals surface area contributed by atoms with Crippen LogP contribution in [0.25, 0.3) is 11.0 Å². The maximum Gasteiger partial charge on any atom is 0.129 e. The minimum atomic E-state index is -0.0561. The fourth-order valence-corrected chi connectivity index (χ4v) is 3.17. The van der Waals surface area contributed by atoms with Gasteiger partial charge < -0.3 is 15.0 Å². The third kappa shape index (κ3) is 2.30. The second-order valence-electron chi connectivity index (χ2n) is 4.78. The molecule has 0 fully saturated rings. The van der Waals surface area contributed by atoms with Gasteiger partial charge in [0.05, 0.1) is 18.1 Å². The molecule has 0 amide bonds. The Kier molecular flexibility index (Phi) is 3.46. The molecule has 3 rings (SSSR count). The van der Waals surface area contributed by atoms with Crippen LogP contribution in [0.15, 0.2) is 35.7 Å². The van der Waals surface area contributed by atoms with Crippen molar-refractivity contribution >= 4 is 22.4 Å². The molecule has 5 heteroatoms. The van der Waals surface area contributed by atoms with Crippen molar-refractivity contribution in [1.82, 2.24) is 9.55 Å². The normalized spacial score (nSPS) is 12.8. The summed E-state index contributed by atoms with van der Waals surface area (Å²) < 4.78 is 7.31. The number of nitrogens with two attached hydrogens (primary N) is 1. The lowest BCUT2D eigenvalue weighted by molar-refractivity contribution is 0.416. The molecule has 0 radical (unpaired) electrons. The van der Waals surface area contributed by atoms with Crippen LogP contribution < -0.4 is 10.5 Å². The van der Waals surface area contributed by atoms with Crippen molar-refractivity contribution in [3.8, 4) is 5.75 Å². The van der Waals surface area contributed by atoms with Gasteiger partial charge in [-0.3, -0.25) is 0 Å². The van der Waals surface area contributed by atoms with Crippen LogP contribution in [0.1, 0.15) is 16.7 Å². The van der Waals surface area contributed by atoms with Crippen LogP contribution in [-0.2, 0) is 13.5 Å². The molecule has 4 nitrogen and oxygen atoms in total. The van der Waals surface area contributed by atoms with E-state index in [-0.39, 0.29) is 6.04 Å². The van der Waals surface area contributed by atoms with Gasteiger partial charge in [-0.25, -0.2) is 4.98 Å². The summed E-state index contributed by atoms with van der Waals surface area (Å²) in [5.41, 5.74) is 8.44. The molecule has 0 saturated heterocycles. The molecule has 2 N–H and O–H groups in total. The first-order chi connectivity index (χ1) is 9.69. The zero-order valence-electron chi connectivity index (χ0n) is 11.5. The number of aromatic nitrogens is 2. The quantitative estimate of drug-likeness (QED) is 0.802. The van der Waals surface area contributed by atoms with Gasteiger partial charge in [0.2, 0.25) is 0 Å². The van der Waals surface area contributed by atoms with Gasteiger partial charge in [-0.1, -0.05) is 12.1 Å². The standard InChI is InChI=1S/C15H17N3OS/c1-18-13-6-4-3-5-12(13)17-15(18)8-11(16)14-7-10(19-2)9-20-14/h3-7,9,11H,8,16H2,1-2H3. The lowest BCUT2D eigenvalue weighted by atomic mass is 10.2. The van der Waals surface area contributed by atoms with Gasteiger partial charge in [-0.15, -0.1) is 11.3 Å². The van der Waals surface area contributed by atoms with E-state index in [9.17, 15) is 0 Å². The number of rotatable bonds is 4. The summed E-state index contributed by atoms with van der Waals surface area (Å²) in [5.74, 6) is 1.87. The van der Waals surface area contributed by atoms with Crippen LogP contribution in [0.3, 0.4) is 0 Å². The third-order valence-electron chi connectivity index (χ3n) is 3.48. The number of nitrogens with zero attached hydrogens (tertiary/aromatic N) is 2. The molecule has 1 unspecified atom stereocenters. The summed E-state index contributed by atoms with van der Waals surface area (Å²) in [7, 11) is 3.70. The van der Waals surface area contributed by atoms with Crippen molar-refractivity contribution in [2.75, 3.05) is 7.11 Å². The predicted octanol–water partition coefficient (Wildman–Crippen LogP) is 2.89. The number of hydrogen-bond acceptors (Lipinski definition) is 4. The van der Waals surface area contributed by atoms with Crippen LogP contribution >= 0.6 is 11.3 Å². The average molecular weight is 287 g/mol. The maximum atomic E-state index is 6.29. The van der Waals surface area contributed by atoms with Crippen molar-refractivity contribution < 1.29 is 4.74 Å². The molecule has 20 heavy (non-hydrogen) atoms. The summed E-state index contributed by atoms with van der Waals surface area (Å²) in [4.78, 5) is 5.78. The number of para-hydroxylation sites is 2. The molecule has 0 saturated carbocycles. The molecule has 1 aromatic carbocycles. The van der Waals surface area contributed by atoms with E-state index >= 15 is 0 Å². The minimum absolute atomic E-state index is 0.0561. The van der Waals surface area contributed by atoms with E-state index < -0.39 is 0 Å². The monoisotopic (exact) mass is 287 g/mol. The number of thiophene rings is 1. The van der Waals surface area contributed by atoms with E-state index in [1.165, 1.54) is 0 Å². The molecule has 0 aliphatic heterocycles. The number of aryl methyl sites for hydroxylation is 1. The van der Waals surface area contributed by atoms with E-state index in [1.807, 2.05) is 36.7 Å². The van der Waals surface area contributed by atoms with Gasteiger partial charge in [0.15, 0.2) is 0 Å². The van der Waals surface area contributed by atoms with Gasteiger partial charge in [-0.2, -0.15) is 0 Å². The Balaban J connectivity index is 1.87. The number of benzene rings is 1. The molecule has 0 spiro atoms. The van der Waals surface area contributed by atoms with Crippen molar-refractivity contribution in [2.24, 2.45) is 12.8 Å². The second-order valence-corrected chi connectivity index (χ2v) is 5.72. The van der Waals surface area contributed by atoms with Crippen molar-refractivity contribution in [3.63, 3.8) is 0 Å². The van der Waals surface area contributed by atoms with Crippen LogP contribution in [0.2, 0.25) is 0 Å². The molecule has 104 valence electrons. The largest absolute Gasteiger partial charge is 0.496 e. The Morgan fingerprint density at radius 3 is 2.90 bits per heavy atom. The number of ether oxygens (including phenoxy) is 1. The first-order valence-electron chi connectivity index (χ1n) is 6.47. The number of methoxy groups -OCH3 is 1. The fraction of sp³-hybridized carbons (Fsp3) is 0.267. The smallest absolute Gasteiger partial charge is 0.129 e. The third-order valence-corrected chi connectivity index (χ3v) is 4.52. The van der Waals surface area contributed by atoms with Crippen LogP contribution in [-0.4, -0.2) is 16.7 Å².